The first-order valence-corrected chi connectivity index (χ1v) is 6.91. The Morgan fingerprint density at radius 1 is 1.37 bits per heavy atom. The molecule has 0 aliphatic heterocycles. The molecule has 0 radical (unpaired) electrons. The minimum Gasteiger partial charge on any atom is -0.473 e. The molecule has 0 aliphatic rings. The molecule has 0 bridgehead atoms. The van der Waals surface area contributed by atoms with Crippen LogP contribution in [0.25, 0.3) is 0 Å². The molecule has 0 fully saturated rings. The van der Waals surface area contributed by atoms with E-state index in [2.05, 4.69) is 14.1 Å². The van der Waals surface area contributed by atoms with Gasteiger partial charge in [-0.2, -0.15) is 4.37 Å². The summed E-state index contributed by atoms with van der Waals surface area (Å²) in [5.41, 5.74) is 0.597. The normalized spacial score (nSPS) is 12.2. The lowest BCUT2D eigenvalue weighted by Crippen LogP contribution is -2.26. The van der Waals surface area contributed by atoms with Crippen LogP contribution in [0.4, 0.5) is 5.69 Å². The Bertz CT molecular complexity index is 504. The number of nitrogens with one attached hydrogen (secondary N) is 1. The van der Waals surface area contributed by atoms with Crippen molar-refractivity contribution in [2.45, 2.75) is 6.10 Å². The van der Waals surface area contributed by atoms with E-state index in [1.165, 1.54) is 6.20 Å². The Labute approximate surface area is 124 Å². The third-order valence-electron chi connectivity index (χ3n) is 2.24. The van der Waals surface area contributed by atoms with Crippen LogP contribution in [0.2, 0.25) is 10.0 Å². The predicted octanol–water partition coefficient (Wildman–Crippen LogP) is 2.70. The van der Waals surface area contributed by atoms with Crippen LogP contribution in [0.1, 0.15) is 0 Å². The number of aliphatic hydroxyl groups is 1. The molecule has 1 heterocycles. The van der Waals surface area contributed by atoms with Gasteiger partial charge in [0.25, 0.3) is 0 Å². The Morgan fingerprint density at radius 2 is 2.11 bits per heavy atom. The van der Waals surface area contributed by atoms with Crippen molar-refractivity contribution >= 4 is 40.6 Å². The number of aromatic nitrogens is 2. The number of anilines is 1. The number of rotatable bonds is 6. The van der Waals surface area contributed by atoms with Crippen molar-refractivity contribution in [1.29, 1.82) is 0 Å². The molecule has 0 saturated heterocycles. The lowest BCUT2D eigenvalue weighted by atomic mass is 10.3. The molecule has 1 atom stereocenters. The summed E-state index contributed by atoms with van der Waals surface area (Å²) in [7, 11) is 0. The van der Waals surface area contributed by atoms with Gasteiger partial charge in [-0.15, -0.1) is 4.37 Å². The van der Waals surface area contributed by atoms with E-state index in [0.717, 1.165) is 11.7 Å². The minimum atomic E-state index is -0.714. The van der Waals surface area contributed by atoms with Gasteiger partial charge in [-0.1, -0.05) is 29.3 Å². The number of aliphatic hydroxyl groups excluding tert-OH is 1. The zero-order valence-electron chi connectivity index (χ0n) is 9.72. The van der Waals surface area contributed by atoms with Crippen LogP contribution in [0.15, 0.2) is 24.4 Å². The predicted molar refractivity (Wildman–Crippen MR) is 76.4 cm³/mol. The van der Waals surface area contributed by atoms with Gasteiger partial charge in [0.05, 0.1) is 27.5 Å². The first-order valence-electron chi connectivity index (χ1n) is 5.43. The zero-order chi connectivity index (χ0) is 13.7. The van der Waals surface area contributed by atoms with Gasteiger partial charge in [-0.25, -0.2) is 0 Å². The lowest BCUT2D eigenvalue weighted by Gasteiger charge is -2.14. The number of nitrogens with zero attached hydrogens (tertiary/aromatic N) is 2. The summed E-state index contributed by atoms with van der Waals surface area (Å²) in [5.74, 6) is 0.403. The first-order chi connectivity index (χ1) is 9.16. The fourth-order valence-corrected chi connectivity index (χ4v) is 2.24. The molecule has 0 saturated carbocycles. The third-order valence-corrected chi connectivity index (χ3v) is 3.33. The molecule has 0 aliphatic carbocycles. The van der Waals surface area contributed by atoms with Gasteiger partial charge in [0.1, 0.15) is 18.9 Å². The van der Waals surface area contributed by atoms with E-state index in [1.54, 1.807) is 18.2 Å². The molecule has 0 amide bonds. The number of ether oxygens (including phenoxy) is 1. The smallest absolute Gasteiger partial charge is 0.245 e. The second-order valence-corrected chi connectivity index (χ2v) is 5.06. The molecule has 2 rings (SSSR count). The Hall–Kier alpha value is -1.08. The maximum atomic E-state index is 9.77. The highest BCUT2D eigenvalue weighted by molar-refractivity contribution is 6.99. The van der Waals surface area contributed by atoms with Gasteiger partial charge in [0, 0.05) is 6.54 Å². The van der Waals surface area contributed by atoms with Gasteiger partial charge < -0.3 is 15.2 Å². The van der Waals surface area contributed by atoms with E-state index in [9.17, 15) is 5.11 Å². The summed E-state index contributed by atoms with van der Waals surface area (Å²) >= 11 is 13.0. The summed E-state index contributed by atoms with van der Waals surface area (Å²) < 4.78 is 12.9. The van der Waals surface area contributed by atoms with Crippen LogP contribution in [0.5, 0.6) is 5.88 Å². The number of benzene rings is 1. The summed E-state index contributed by atoms with van der Waals surface area (Å²) in [6.07, 6.45) is 0.782. The van der Waals surface area contributed by atoms with Crippen molar-refractivity contribution in [2.24, 2.45) is 0 Å². The SMILES string of the molecule is OC(CNc1c(Cl)cccc1Cl)COc1cnsn1. The van der Waals surface area contributed by atoms with Crippen molar-refractivity contribution in [3.8, 4) is 5.88 Å². The summed E-state index contributed by atoms with van der Waals surface area (Å²) in [4.78, 5) is 0. The number of para-hydroxylation sites is 1. The molecule has 1 unspecified atom stereocenters. The van der Waals surface area contributed by atoms with Crippen molar-refractivity contribution in [1.82, 2.24) is 8.75 Å². The molecule has 102 valence electrons. The fraction of sp³-hybridized carbons (Fsp3) is 0.273. The number of hydrogen-bond acceptors (Lipinski definition) is 6. The Morgan fingerprint density at radius 3 is 2.74 bits per heavy atom. The van der Waals surface area contributed by atoms with Crippen LogP contribution in [-0.2, 0) is 0 Å². The van der Waals surface area contributed by atoms with Gasteiger partial charge in [-0.05, 0) is 12.1 Å². The second kappa shape index (κ2) is 6.91. The molecule has 1 aromatic heterocycles. The lowest BCUT2D eigenvalue weighted by molar-refractivity contribution is 0.115. The van der Waals surface area contributed by atoms with Gasteiger partial charge in [0.2, 0.25) is 5.88 Å². The molecule has 0 spiro atoms. The van der Waals surface area contributed by atoms with Crippen molar-refractivity contribution < 1.29 is 9.84 Å². The molecule has 8 heteroatoms. The Kier molecular flexibility index (Phi) is 5.21. The second-order valence-electron chi connectivity index (χ2n) is 3.69. The molecule has 5 nitrogen and oxygen atoms in total. The third kappa shape index (κ3) is 4.21. The standard InChI is InChI=1S/C11H11Cl2N3O2S/c12-8-2-1-3-9(13)11(8)14-4-7(17)6-18-10-5-15-19-16-10/h1-3,5,7,14,17H,4,6H2. The van der Waals surface area contributed by atoms with E-state index in [0.29, 0.717) is 21.6 Å². The van der Waals surface area contributed by atoms with Crippen LogP contribution in [-0.4, -0.2) is 33.1 Å². The molecule has 2 aromatic rings. The molecule has 2 N–H and O–H groups in total. The van der Waals surface area contributed by atoms with Crippen molar-refractivity contribution in [3.63, 3.8) is 0 Å². The Balaban J connectivity index is 1.81. The first kappa shape index (κ1) is 14.3. The average Bonchev–Trinajstić information content (AvgIpc) is 2.89. The van der Waals surface area contributed by atoms with E-state index in [1.807, 2.05) is 0 Å². The van der Waals surface area contributed by atoms with E-state index < -0.39 is 6.10 Å². The molecule has 1 aromatic carbocycles. The van der Waals surface area contributed by atoms with Crippen LogP contribution >= 0.6 is 34.9 Å². The van der Waals surface area contributed by atoms with Crippen molar-refractivity contribution in [3.05, 3.63) is 34.4 Å². The topological polar surface area (TPSA) is 67.3 Å². The van der Waals surface area contributed by atoms with Gasteiger partial charge >= 0.3 is 0 Å². The maximum absolute atomic E-state index is 9.77. The largest absolute Gasteiger partial charge is 0.473 e. The molecule has 19 heavy (non-hydrogen) atoms. The molecular weight excluding hydrogens is 309 g/mol. The van der Waals surface area contributed by atoms with E-state index in [-0.39, 0.29) is 13.2 Å². The van der Waals surface area contributed by atoms with Crippen molar-refractivity contribution in [2.75, 3.05) is 18.5 Å². The summed E-state index contributed by atoms with van der Waals surface area (Å²) in [6, 6.07) is 5.20. The fourth-order valence-electron chi connectivity index (χ4n) is 1.35. The monoisotopic (exact) mass is 319 g/mol. The average molecular weight is 320 g/mol. The quantitative estimate of drug-likeness (QED) is 0.856. The van der Waals surface area contributed by atoms with E-state index >= 15 is 0 Å². The summed E-state index contributed by atoms with van der Waals surface area (Å²) in [6.45, 7) is 0.376. The summed E-state index contributed by atoms with van der Waals surface area (Å²) in [5, 5.41) is 13.8. The zero-order valence-corrected chi connectivity index (χ0v) is 12.0. The highest BCUT2D eigenvalue weighted by Gasteiger charge is 2.09. The van der Waals surface area contributed by atoms with Crippen LogP contribution in [0.3, 0.4) is 0 Å². The number of halogens is 2. The van der Waals surface area contributed by atoms with E-state index in [4.69, 9.17) is 27.9 Å². The maximum Gasteiger partial charge on any atom is 0.245 e. The minimum absolute atomic E-state index is 0.112. The van der Waals surface area contributed by atoms with Crippen LogP contribution in [0, 0.1) is 0 Å². The van der Waals surface area contributed by atoms with Crippen LogP contribution < -0.4 is 10.1 Å². The number of hydrogen-bond donors (Lipinski definition) is 2. The van der Waals surface area contributed by atoms with Gasteiger partial charge in [-0.3, -0.25) is 0 Å². The highest BCUT2D eigenvalue weighted by Crippen LogP contribution is 2.29. The van der Waals surface area contributed by atoms with Gasteiger partial charge in [0.15, 0.2) is 0 Å². The highest BCUT2D eigenvalue weighted by atomic mass is 35.5. The molecular formula is C11H11Cl2N3O2S.